The highest BCUT2D eigenvalue weighted by atomic mass is 127. The lowest BCUT2D eigenvalue weighted by Gasteiger charge is -2.47. The summed E-state index contributed by atoms with van der Waals surface area (Å²) in [6, 6.07) is 2.02. The normalized spacial score (nSPS) is 25.9. The molecule has 5 nitrogen and oxygen atoms in total. The van der Waals surface area contributed by atoms with Gasteiger partial charge in [0.2, 0.25) is 0 Å². The fraction of sp³-hybridized carbons (Fsp3) is 0.810. The van der Waals surface area contributed by atoms with Gasteiger partial charge in [-0.2, -0.15) is 0 Å². The van der Waals surface area contributed by atoms with E-state index in [2.05, 4.69) is 55.7 Å². The van der Waals surface area contributed by atoms with Gasteiger partial charge in [0.1, 0.15) is 0 Å². The quantitative estimate of drug-likeness (QED) is 0.349. The van der Waals surface area contributed by atoms with Gasteiger partial charge in [0.05, 0.1) is 10.7 Å². The van der Waals surface area contributed by atoms with Gasteiger partial charge in [-0.05, 0) is 39.7 Å². The number of aromatic nitrogens is 1. The van der Waals surface area contributed by atoms with E-state index < -0.39 is 0 Å². The van der Waals surface area contributed by atoms with Crippen LogP contribution < -0.4 is 10.6 Å². The molecule has 1 aromatic rings. The molecule has 2 fully saturated rings. The first-order valence-corrected chi connectivity index (χ1v) is 11.5. The van der Waals surface area contributed by atoms with Crippen molar-refractivity contribution in [2.45, 2.75) is 89.8 Å². The number of hydrogen-bond acceptors (Lipinski definition) is 4. The molecule has 7 heteroatoms. The lowest BCUT2D eigenvalue weighted by atomic mass is 9.82. The van der Waals surface area contributed by atoms with Crippen LogP contribution in [-0.2, 0) is 11.8 Å². The highest BCUT2D eigenvalue weighted by Crippen LogP contribution is 2.32. The zero-order chi connectivity index (χ0) is 19.4. The Hall–Kier alpha value is -0.410. The summed E-state index contributed by atoms with van der Waals surface area (Å²) in [4.78, 5) is 12.2. The minimum Gasteiger partial charge on any atom is -0.357 e. The molecule has 0 spiro atoms. The van der Waals surface area contributed by atoms with E-state index in [1.54, 1.807) is 11.3 Å². The number of halogens is 1. The predicted molar refractivity (Wildman–Crippen MR) is 131 cm³/mol. The summed E-state index contributed by atoms with van der Waals surface area (Å²) < 4.78 is 0. The number of fused-ring (bicyclic) bond motifs is 2. The average Bonchev–Trinajstić information content (AvgIpc) is 3.05. The minimum absolute atomic E-state index is 0. The molecule has 0 radical (unpaired) electrons. The first-order valence-electron chi connectivity index (χ1n) is 10.6. The molecular weight excluding hydrogens is 481 g/mol. The molecule has 160 valence electrons. The van der Waals surface area contributed by atoms with Gasteiger partial charge in [0.15, 0.2) is 5.96 Å². The van der Waals surface area contributed by atoms with Crippen molar-refractivity contribution in [1.29, 1.82) is 0 Å². The van der Waals surface area contributed by atoms with Crippen molar-refractivity contribution in [1.82, 2.24) is 20.5 Å². The minimum atomic E-state index is 0. The molecule has 2 bridgehead atoms. The van der Waals surface area contributed by atoms with Gasteiger partial charge in [0.25, 0.3) is 0 Å². The first-order chi connectivity index (χ1) is 12.9. The number of piperidine rings is 2. The molecule has 3 heterocycles. The van der Waals surface area contributed by atoms with E-state index in [0.29, 0.717) is 6.04 Å². The molecule has 2 aliphatic rings. The Bertz CT molecular complexity index is 625. The van der Waals surface area contributed by atoms with E-state index in [-0.39, 0.29) is 29.4 Å². The molecule has 0 amide bonds. The second kappa shape index (κ2) is 10.6. The number of guanidine groups is 1. The summed E-state index contributed by atoms with van der Waals surface area (Å²) in [5, 5.41) is 10.5. The topological polar surface area (TPSA) is 52.6 Å². The van der Waals surface area contributed by atoms with Crippen LogP contribution in [0.3, 0.4) is 0 Å². The van der Waals surface area contributed by atoms with Crippen molar-refractivity contribution in [2.75, 3.05) is 20.1 Å². The van der Waals surface area contributed by atoms with Crippen molar-refractivity contribution < 1.29 is 0 Å². The zero-order valence-electron chi connectivity index (χ0n) is 18.1. The third-order valence-corrected chi connectivity index (χ3v) is 6.85. The standard InChI is InChI=1S/C21H37N5S.HI/c1-6-22-20(23-11-10-19-25-18(14-27-19)21(2,3)4)24-15-12-16-8-7-9-17(13-15)26(16)5;/h14-17H,6-13H2,1-5H3,(H2,22,23,24);1H. The number of rotatable bonds is 5. The Morgan fingerprint density at radius 3 is 2.54 bits per heavy atom. The number of hydrogen-bond donors (Lipinski definition) is 2. The summed E-state index contributed by atoms with van der Waals surface area (Å²) in [5.41, 5.74) is 1.31. The second-order valence-corrected chi connectivity index (χ2v) is 10.0. The maximum absolute atomic E-state index is 4.83. The molecule has 2 N–H and O–H groups in total. The Morgan fingerprint density at radius 2 is 1.96 bits per heavy atom. The van der Waals surface area contributed by atoms with Crippen LogP contribution in [0.1, 0.15) is 70.5 Å². The van der Waals surface area contributed by atoms with Crippen molar-refractivity contribution in [3.63, 3.8) is 0 Å². The third-order valence-electron chi connectivity index (χ3n) is 5.94. The van der Waals surface area contributed by atoms with E-state index in [9.17, 15) is 0 Å². The van der Waals surface area contributed by atoms with Crippen molar-refractivity contribution in [2.24, 2.45) is 4.99 Å². The smallest absolute Gasteiger partial charge is 0.191 e. The summed E-state index contributed by atoms with van der Waals surface area (Å²) >= 11 is 1.76. The van der Waals surface area contributed by atoms with Crippen LogP contribution in [0.4, 0.5) is 0 Å². The van der Waals surface area contributed by atoms with Crippen LogP contribution in [0.5, 0.6) is 0 Å². The fourth-order valence-electron chi connectivity index (χ4n) is 4.28. The van der Waals surface area contributed by atoms with Crippen LogP contribution in [0.25, 0.3) is 0 Å². The van der Waals surface area contributed by atoms with E-state index in [1.807, 2.05) is 0 Å². The lowest BCUT2D eigenvalue weighted by Crippen LogP contribution is -2.56. The molecule has 0 aliphatic carbocycles. The van der Waals surface area contributed by atoms with Crippen molar-refractivity contribution in [3.8, 4) is 0 Å². The second-order valence-electron chi connectivity index (χ2n) is 9.10. The monoisotopic (exact) mass is 519 g/mol. The first kappa shape index (κ1) is 23.9. The van der Waals surface area contributed by atoms with Crippen LogP contribution >= 0.6 is 35.3 Å². The molecule has 2 unspecified atom stereocenters. The van der Waals surface area contributed by atoms with Gasteiger partial charge in [0, 0.05) is 48.4 Å². The highest BCUT2D eigenvalue weighted by molar-refractivity contribution is 14.0. The Morgan fingerprint density at radius 1 is 1.29 bits per heavy atom. The summed E-state index contributed by atoms with van der Waals surface area (Å²) in [5.74, 6) is 0.970. The van der Waals surface area contributed by atoms with Gasteiger partial charge in [-0.15, -0.1) is 35.3 Å². The SMILES string of the molecule is CCNC(=NCCc1nc(C(C)(C)C)cs1)NC1CC2CCCC(C1)N2C.I. The molecule has 2 saturated heterocycles. The molecule has 0 saturated carbocycles. The van der Waals surface area contributed by atoms with Gasteiger partial charge in [-0.25, -0.2) is 4.98 Å². The van der Waals surface area contributed by atoms with E-state index in [4.69, 9.17) is 9.98 Å². The molecule has 1 aromatic heterocycles. The molecular formula is C21H38IN5S. The van der Waals surface area contributed by atoms with Gasteiger partial charge in [-0.3, -0.25) is 4.99 Å². The number of aliphatic imine (C=N–C) groups is 1. The van der Waals surface area contributed by atoms with Crippen LogP contribution in [0, 0.1) is 0 Å². The summed E-state index contributed by atoms with van der Waals surface area (Å²) in [6.45, 7) is 10.5. The third kappa shape index (κ3) is 6.29. The highest BCUT2D eigenvalue weighted by Gasteiger charge is 2.36. The Labute approximate surface area is 192 Å². The van der Waals surface area contributed by atoms with Gasteiger partial charge < -0.3 is 15.5 Å². The molecule has 3 rings (SSSR count). The summed E-state index contributed by atoms with van der Waals surface area (Å²) in [6.07, 6.45) is 7.47. The number of thiazole rings is 1. The molecule has 28 heavy (non-hydrogen) atoms. The fourth-order valence-corrected chi connectivity index (χ4v) is 5.29. The number of nitrogens with one attached hydrogen (secondary N) is 2. The van der Waals surface area contributed by atoms with Crippen molar-refractivity contribution in [3.05, 3.63) is 16.1 Å². The predicted octanol–water partition coefficient (Wildman–Crippen LogP) is 4.17. The number of nitrogens with zero attached hydrogens (tertiary/aromatic N) is 3. The van der Waals surface area contributed by atoms with Gasteiger partial charge >= 0.3 is 0 Å². The molecule has 0 aromatic carbocycles. The van der Waals surface area contributed by atoms with E-state index in [1.165, 1.54) is 42.8 Å². The van der Waals surface area contributed by atoms with Crippen molar-refractivity contribution >= 4 is 41.3 Å². The maximum atomic E-state index is 4.83. The molecule has 2 aliphatic heterocycles. The largest absolute Gasteiger partial charge is 0.357 e. The summed E-state index contributed by atoms with van der Waals surface area (Å²) in [7, 11) is 2.31. The Kier molecular flexibility index (Phi) is 9.01. The maximum Gasteiger partial charge on any atom is 0.191 e. The lowest BCUT2D eigenvalue weighted by molar-refractivity contribution is 0.0526. The van der Waals surface area contributed by atoms with Crippen LogP contribution in [0.15, 0.2) is 10.4 Å². The average molecular weight is 520 g/mol. The Balaban J connectivity index is 0.00000280. The van der Waals surface area contributed by atoms with Gasteiger partial charge in [-0.1, -0.05) is 27.2 Å². The van der Waals surface area contributed by atoms with Crippen LogP contribution in [0.2, 0.25) is 0 Å². The van der Waals surface area contributed by atoms with Crippen LogP contribution in [-0.4, -0.2) is 54.1 Å². The zero-order valence-corrected chi connectivity index (χ0v) is 21.3. The van der Waals surface area contributed by atoms with E-state index in [0.717, 1.165) is 37.6 Å². The van der Waals surface area contributed by atoms with E-state index >= 15 is 0 Å². The molecule has 2 atom stereocenters.